The highest BCUT2D eigenvalue weighted by Crippen LogP contribution is 2.27. The van der Waals surface area contributed by atoms with Crippen molar-refractivity contribution in [2.24, 2.45) is 4.99 Å². The van der Waals surface area contributed by atoms with Crippen molar-refractivity contribution in [3.63, 3.8) is 0 Å². The molecule has 0 saturated carbocycles. The van der Waals surface area contributed by atoms with Gasteiger partial charge < -0.3 is 20.1 Å². The lowest BCUT2D eigenvalue weighted by Crippen LogP contribution is -2.37. The van der Waals surface area contributed by atoms with Crippen molar-refractivity contribution in [1.29, 1.82) is 0 Å². The molecule has 5 nitrogen and oxygen atoms in total. The van der Waals surface area contributed by atoms with E-state index in [4.69, 9.17) is 9.47 Å². The molecule has 2 aromatic rings. The molecule has 0 aliphatic rings. The molecule has 148 valence electrons. The Balaban J connectivity index is 0.00000364. The Labute approximate surface area is 177 Å². The summed E-state index contributed by atoms with van der Waals surface area (Å²) in [5.41, 5.74) is 2.00. The summed E-state index contributed by atoms with van der Waals surface area (Å²) < 4.78 is 24.1. The average Bonchev–Trinajstić information content (AvgIpc) is 2.65. The molecular formula is C20H27FIN3O2. The molecular weight excluding hydrogens is 460 g/mol. The molecule has 0 unspecified atom stereocenters. The standard InChI is InChI=1S/C20H26FN3O2.HI/c1-4-26-18-9-8-16(13-19(18)25-3)14-24-20(22-2)23-11-10-15-6-5-7-17(21)12-15;/h5-9,12-13H,4,10-11,14H2,1-3H3,(H2,22,23,24);1H. The molecule has 2 rings (SSSR count). The van der Waals surface area contributed by atoms with E-state index in [1.165, 1.54) is 6.07 Å². The van der Waals surface area contributed by atoms with Crippen molar-refractivity contribution in [2.75, 3.05) is 27.3 Å². The van der Waals surface area contributed by atoms with Gasteiger partial charge in [0.15, 0.2) is 17.5 Å². The number of hydrogen-bond acceptors (Lipinski definition) is 3. The van der Waals surface area contributed by atoms with Crippen molar-refractivity contribution < 1.29 is 13.9 Å². The molecule has 0 aliphatic heterocycles. The third-order valence-corrected chi connectivity index (χ3v) is 3.81. The highest BCUT2D eigenvalue weighted by Gasteiger charge is 2.06. The van der Waals surface area contributed by atoms with Crippen molar-refractivity contribution >= 4 is 29.9 Å². The van der Waals surface area contributed by atoms with Crippen molar-refractivity contribution in [3.8, 4) is 11.5 Å². The van der Waals surface area contributed by atoms with Crippen LogP contribution < -0.4 is 20.1 Å². The fraction of sp³-hybridized carbons (Fsp3) is 0.350. The lowest BCUT2D eigenvalue weighted by atomic mass is 10.1. The number of methoxy groups -OCH3 is 1. The van der Waals surface area contributed by atoms with Gasteiger partial charge in [0.1, 0.15) is 5.82 Å². The van der Waals surface area contributed by atoms with Gasteiger partial charge in [-0.05, 0) is 48.7 Å². The number of benzene rings is 2. The summed E-state index contributed by atoms with van der Waals surface area (Å²) in [7, 11) is 3.35. The highest BCUT2D eigenvalue weighted by molar-refractivity contribution is 14.0. The van der Waals surface area contributed by atoms with Gasteiger partial charge in [0.2, 0.25) is 0 Å². The van der Waals surface area contributed by atoms with Crippen LogP contribution in [-0.2, 0) is 13.0 Å². The maximum atomic E-state index is 13.2. The molecule has 0 spiro atoms. The Kier molecular flexibility index (Phi) is 10.5. The normalized spacial score (nSPS) is 10.7. The summed E-state index contributed by atoms with van der Waals surface area (Å²) in [5.74, 6) is 1.92. The van der Waals surface area contributed by atoms with Crippen LogP contribution in [0.2, 0.25) is 0 Å². The first-order valence-electron chi connectivity index (χ1n) is 8.65. The second kappa shape index (κ2) is 12.4. The van der Waals surface area contributed by atoms with Crippen molar-refractivity contribution in [3.05, 3.63) is 59.4 Å². The Morgan fingerprint density at radius 1 is 1.07 bits per heavy atom. The Morgan fingerprint density at radius 2 is 1.89 bits per heavy atom. The van der Waals surface area contributed by atoms with Crippen molar-refractivity contribution in [2.45, 2.75) is 19.9 Å². The lowest BCUT2D eigenvalue weighted by Gasteiger charge is -2.14. The van der Waals surface area contributed by atoms with Gasteiger partial charge >= 0.3 is 0 Å². The van der Waals surface area contributed by atoms with Crippen LogP contribution in [0.25, 0.3) is 0 Å². The minimum Gasteiger partial charge on any atom is -0.493 e. The molecule has 7 heteroatoms. The fourth-order valence-corrected chi connectivity index (χ4v) is 2.52. The molecule has 0 heterocycles. The zero-order valence-electron chi connectivity index (χ0n) is 15.9. The molecule has 0 bridgehead atoms. The quantitative estimate of drug-likeness (QED) is 0.339. The third kappa shape index (κ3) is 7.62. The summed E-state index contributed by atoms with van der Waals surface area (Å²) >= 11 is 0. The molecule has 0 aromatic heterocycles. The Morgan fingerprint density at radius 3 is 2.56 bits per heavy atom. The topological polar surface area (TPSA) is 54.9 Å². The van der Waals surface area contributed by atoms with Gasteiger partial charge in [-0.25, -0.2) is 4.39 Å². The number of hydrogen-bond donors (Lipinski definition) is 2. The largest absolute Gasteiger partial charge is 0.493 e. The molecule has 2 N–H and O–H groups in total. The third-order valence-electron chi connectivity index (χ3n) is 3.81. The van der Waals surface area contributed by atoms with Gasteiger partial charge in [0, 0.05) is 20.1 Å². The molecule has 0 fully saturated rings. The first kappa shape index (κ1) is 23.0. The van der Waals surface area contributed by atoms with Gasteiger partial charge in [0.25, 0.3) is 0 Å². The number of halogens is 2. The summed E-state index contributed by atoms with van der Waals surface area (Å²) in [5, 5.41) is 6.48. The first-order valence-corrected chi connectivity index (χ1v) is 8.65. The monoisotopic (exact) mass is 487 g/mol. The van der Waals surface area contributed by atoms with E-state index in [1.54, 1.807) is 26.3 Å². The number of nitrogens with zero attached hydrogens (tertiary/aromatic N) is 1. The number of nitrogens with one attached hydrogen (secondary N) is 2. The molecule has 0 atom stereocenters. The van der Waals surface area contributed by atoms with Crippen LogP contribution in [0, 0.1) is 5.82 Å². The number of ether oxygens (including phenoxy) is 2. The second-order valence-electron chi connectivity index (χ2n) is 5.65. The summed E-state index contributed by atoms with van der Waals surface area (Å²) in [4.78, 5) is 4.21. The number of rotatable bonds is 8. The molecule has 0 saturated heterocycles. The lowest BCUT2D eigenvalue weighted by molar-refractivity contribution is 0.310. The van der Waals surface area contributed by atoms with Gasteiger partial charge in [-0.15, -0.1) is 24.0 Å². The van der Waals surface area contributed by atoms with E-state index in [9.17, 15) is 4.39 Å². The molecule has 2 aromatic carbocycles. The van der Waals surface area contributed by atoms with Gasteiger partial charge in [-0.3, -0.25) is 4.99 Å². The SMILES string of the molecule is CCOc1ccc(CNC(=NC)NCCc2cccc(F)c2)cc1OC.I. The second-order valence-corrected chi connectivity index (χ2v) is 5.65. The van der Waals surface area contributed by atoms with Gasteiger partial charge in [-0.1, -0.05) is 18.2 Å². The minimum absolute atomic E-state index is 0. The Hall–Kier alpha value is -2.03. The van der Waals surface area contributed by atoms with E-state index in [1.807, 2.05) is 31.2 Å². The summed E-state index contributed by atoms with van der Waals surface area (Å²) in [6.07, 6.45) is 0.718. The van der Waals surface area contributed by atoms with E-state index in [2.05, 4.69) is 15.6 Å². The minimum atomic E-state index is -0.213. The molecule has 0 aliphatic carbocycles. The van der Waals surface area contributed by atoms with Crippen LogP contribution in [0.5, 0.6) is 11.5 Å². The van der Waals surface area contributed by atoms with Crippen LogP contribution in [-0.4, -0.2) is 33.3 Å². The fourth-order valence-electron chi connectivity index (χ4n) is 2.52. The van der Waals surface area contributed by atoms with Crippen LogP contribution in [0.1, 0.15) is 18.1 Å². The highest BCUT2D eigenvalue weighted by atomic mass is 127. The van der Waals surface area contributed by atoms with E-state index in [-0.39, 0.29) is 29.8 Å². The average molecular weight is 487 g/mol. The van der Waals surface area contributed by atoms with Crippen molar-refractivity contribution in [1.82, 2.24) is 10.6 Å². The van der Waals surface area contributed by atoms with E-state index in [0.29, 0.717) is 31.4 Å². The summed E-state index contributed by atoms with van der Waals surface area (Å²) in [6, 6.07) is 12.5. The van der Waals surface area contributed by atoms with E-state index in [0.717, 1.165) is 23.3 Å². The maximum absolute atomic E-state index is 13.2. The first-order chi connectivity index (χ1) is 12.7. The number of aliphatic imine (C=N–C) groups is 1. The van der Waals surface area contributed by atoms with Crippen LogP contribution in [0.4, 0.5) is 4.39 Å². The summed E-state index contributed by atoms with van der Waals surface area (Å²) in [6.45, 7) is 3.79. The van der Waals surface area contributed by atoms with Crippen LogP contribution in [0.3, 0.4) is 0 Å². The molecule has 27 heavy (non-hydrogen) atoms. The van der Waals surface area contributed by atoms with E-state index >= 15 is 0 Å². The van der Waals surface area contributed by atoms with Gasteiger partial charge in [-0.2, -0.15) is 0 Å². The molecule has 0 radical (unpaired) electrons. The zero-order valence-corrected chi connectivity index (χ0v) is 18.3. The zero-order chi connectivity index (χ0) is 18.8. The predicted molar refractivity (Wildman–Crippen MR) is 118 cm³/mol. The van der Waals surface area contributed by atoms with Crippen LogP contribution >= 0.6 is 24.0 Å². The number of guanidine groups is 1. The maximum Gasteiger partial charge on any atom is 0.191 e. The molecule has 0 amide bonds. The smallest absolute Gasteiger partial charge is 0.191 e. The van der Waals surface area contributed by atoms with Gasteiger partial charge in [0.05, 0.1) is 13.7 Å². The van der Waals surface area contributed by atoms with Crippen LogP contribution in [0.15, 0.2) is 47.5 Å². The Bertz CT molecular complexity index is 741. The predicted octanol–water partition coefficient (Wildman–Crippen LogP) is 3.76. The van der Waals surface area contributed by atoms with E-state index < -0.39 is 0 Å².